The van der Waals surface area contributed by atoms with E-state index < -0.39 is 0 Å². The molecule has 1 N–H and O–H groups in total. The summed E-state index contributed by atoms with van der Waals surface area (Å²) in [4.78, 5) is 0. The van der Waals surface area contributed by atoms with Crippen LogP contribution in [0.15, 0.2) is 36.5 Å². The molecule has 0 aliphatic rings. The quantitative estimate of drug-likeness (QED) is 0.811. The molecule has 0 bridgehead atoms. The number of benzene rings is 1. The Kier molecular flexibility index (Phi) is 2.49. The van der Waals surface area contributed by atoms with Crippen LogP contribution < -0.4 is 4.74 Å². The highest BCUT2D eigenvalue weighted by Gasteiger charge is 1.99. The van der Waals surface area contributed by atoms with Crippen molar-refractivity contribution in [1.29, 1.82) is 0 Å². The van der Waals surface area contributed by atoms with E-state index in [9.17, 15) is 0 Å². The monoisotopic (exact) mass is 202 g/mol. The van der Waals surface area contributed by atoms with Crippen molar-refractivity contribution >= 4 is 0 Å². The Balaban J connectivity index is 2.18. The summed E-state index contributed by atoms with van der Waals surface area (Å²) in [5.41, 5.74) is 0.985. The van der Waals surface area contributed by atoms with Gasteiger partial charge in [0.15, 0.2) is 0 Å². The van der Waals surface area contributed by atoms with E-state index in [1.54, 1.807) is 36.5 Å². The molecule has 15 heavy (non-hydrogen) atoms. The molecule has 4 heteroatoms. The van der Waals surface area contributed by atoms with E-state index in [0.29, 0.717) is 11.6 Å². The van der Waals surface area contributed by atoms with Crippen molar-refractivity contribution < 1.29 is 9.84 Å². The first-order valence-electron chi connectivity index (χ1n) is 4.50. The number of ether oxygens (including phenoxy) is 1. The lowest BCUT2D eigenvalue weighted by atomic mass is 10.3. The van der Waals surface area contributed by atoms with Crippen LogP contribution in [0.1, 0.15) is 5.56 Å². The van der Waals surface area contributed by atoms with E-state index >= 15 is 0 Å². The van der Waals surface area contributed by atoms with Crippen molar-refractivity contribution in [3.8, 4) is 17.4 Å². The van der Waals surface area contributed by atoms with Gasteiger partial charge in [0.2, 0.25) is 5.88 Å². The molecule has 0 radical (unpaired) electrons. The Morgan fingerprint density at radius 3 is 2.60 bits per heavy atom. The molecule has 0 atom stereocenters. The van der Waals surface area contributed by atoms with E-state index in [4.69, 9.17) is 9.84 Å². The van der Waals surface area contributed by atoms with Crippen LogP contribution >= 0.6 is 0 Å². The van der Waals surface area contributed by atoms with Crippen molar-refractivity contribution in [2.75, 3.05) is 0 Å². The van der Waals surface area contributed by atoms with Gasteiger partial charge in [0, 0.05) is 6.07 Å². The second-order valence-electron chi connectivity index (χ2n) is 3.17. The van der Waals surface area contributed by atoms with Gasteiger partial charge in [0.05, 0.1) is 6.20 Å². The third kappa shape index (κ3) is 2.43. The molecule has 0 aliphatic carbocycles. The summed E-state index contributed by atoms with van der Waals surface area (Å²) in [5, 5.41) is 16.7. The standard InChI is InChI=1S/C11H10N2O2/c1-8-6-11(13-12-7-8)15-10-4-2-9(14)3-5-10/h2-7,14H,1H3. The first-order valence-corrected chi connectivity index (χ1v) is 4.50. The second kappa shape index (κ2) is 3.96. The number of phenolic OH excluding ortho intramolecular Hbond substituents is 1. The van der Waals surface area contributed by atoms with Crippen molar-refractivity contribution in [3.05, 3.63) is 42.1 Å². The third-order valence-corrected chi connectivity index (χ3v) is 1.83. The SMILES string of the molecule is Cc1cnnc(Oc2ccc(O)cc2)c1. The summed E-state index contributed by atoms with van der Waals surface area (Å²) in [7, 11) is 0. The zero-order valence-corrected chi connectivity index (χ0v) is 8.21. The topological polar surface area (TPSA) is 55.2 Å². The Hall–Kier alpha value is -2.10. The number of aromatic nitrogens is 2. The van der Waals surface area contributed by atoms with Crippen molar-refractivity contribution in [2.24, 2.45) is 0 Å². The number of aryl methyl sites for hydroxylation is 1. The second-order valence-corrected chi connectivity index (χ2v) is 3.17. The minimum Gasteiger partial charge on any atom is -0.508 e. The fourth-order valence-electron chi connectivity index (χ4n) is 1.12. The predicted octanol–water partition coefficient (Wildman–Crippen LogP) is 2.28. The molecular formula is C11H10N2O2. The summed E-state index contributed by atoms with van der Waals surface area (Å²) in [6.07, 6.45) is 1.66. The summed E-state index contributed by atoms with van der Waals surface area (Å²) in [5.74, 6) is 1.27. The zero-order chi connectivity index (χ0) is 10.7. The fraction of sp³-hybridized carbons (Fsp3) is 0.0909. The van der Waals surface area contributed by atoms with Crippen molar-refractivity contribution in [3.63, 3.8) is 0 Å². The molecule has 0 amide bonds. The largest absolute Gasteiger partial charge is 0.508 e. The molecular weight excluding hydrogens is 192 g/mol. The van der Waals surface area contributed by atoms with Gasteiger partial charge in [-0.2, -0.15) is 5.10 Å². The van der Waals surface area contributed by atoms with Gasteiger partial charge >= 0.3 is 0 Å². The maximum atomic E-state index is 9.08. The van der Waals surface area contributed by atoms with E-state index in [1.165, 1.54) is 0 Å². The van der Waals surface area contributed by atoms with Gasteiger partial charge in [0.1, 0.15) is 11.5 Å². The van der Waals surface area contributed by atoms with E-state index in [2.05, 4.69) is 10.2 Å². The van der Waals surface area contributed by atoms with Crippen LogP contribution in [0.4, 0.5) is 0 Å². The van der Waals surface area contributed by atoms with Gasteiger partial charge in [-0.3, -0.25) is 0 Å². The van der Waals surface area contributed by atoms with Gasteiger partial charge < -0.3 is 9.84 Å². The van der Waals surface area contributed by atoms with Gasteiger partial charge in [-0.05, 0) is 36.8 Å². The molecule has 2 rings (SSSR count). The summed E-state index contributed by atoms with van der Waals surface area (Å²) in [6, 6.07) is 8.23. The average Bonchev–Trinajstić information content (AvgIpc) is 2.22. The van der Waals surface area contributed by atoms with Crippen molar-refractivity contribution in [2.45, 2.75) is 6.92 Å². The minimum absolute atomic E-state index is 0.206. The van der Waals surface area contributed by atoms with E-state index in [-0.39, 0.29) is 5.75 Å². The zero-order valence-electron chi connectivity index (χ0n) is 8.21. The van der Waals surface area contributed by atoms with Gasteiger partial charge in [-0.1, -0.05) is 0 Å². The van der Waals surface area contributed by atoms with Crippen LogP contribution in [0.25, 0.3) is 0 Å². The van der Waals surface area contributed by atoms with E-state index in [0.717, 1.165) is 5.56 Å². The maximum absolute atomic E-state index is 9.08. The molecule has 4 nitrogen and oxygen atoms in total. The molecule has 0 spiro atoms. The fourth-order valence-corrected chi connectivity index (χ4v) is 1.12. The molecule has 0 saturated heterocycles. The Labute approximate surface area is 87.2 Å². The summed E-state index contributed by atoms with van der Waals surface area (Å²) < 4.78 is 5.43. The Morgan fingerprint density at radius 1 is 1.20 bits per heavy atom. The van der Waals surface area contributed by atoms with Crippen molar-refractivity contribution in [1.82, 2.24) is 10.2 Å². The molecule has 0 saturated carbocycles. The highest BCUT2D eigenvalue weighted by Crippen LogP contribution is 2.21. The molecule has 2 aromatic rings. The van der Waals surface area contributed by atoms with Gasteiger partial charge in [-0.25, -0.2) is 0 Å². The van der Waals surface area contributed by atoms with Crippen LogP contribution in [0.2, 0.25) is 0 Å². The van der Waals surface area contributed by atoms with Crippen LogP contribution in [0.3, 0.4) is 0 Å². The smallest absolute Gasteiger partial charge is 0.239 e. The Bertz CT molecular complexity index is 454. The van der Waals surface area contributed by atoms with Gasteiger partial charge in [-0.15, -0.1) is 5.10 Å². The number of nitrogens with zero attached hydrogens (tertiary/aromatic N) is 2. The average molecular weight is 202 g/mol. The maximum Gasteiger partial charge on any atom is 0.239 e. The predicted molar refractivity (Wildman–Crippen MR) is 54.9 cm³/mol. The number of rotatable bonds is 2. The molecule has 1 heterocycles. The van der Waals surface area contributed by atoms with Crippen LogP contribution in [-0.2, 0) is 0 Å². The molecule has 76 valence electrons. The molecule has 0 aliphatic heterocycles. The highest BCUT2D eigenvalue weighted by molar-refractivity contribution is 5.32. The minimum atomic E-state index is 0.206. The molecule has 1 aromatic heterocycles. The summed E-state index contributed by atoms with van der Waals surface area (Å²) in [6.45, 7) is 1.92. The van der Waals surface area contributed by atoms with E-state index in [1.807, 2.05) is 6.92 Å². The third-order valence-electron chi connectivity index (χ3n) is 1.83. The van der Waals surface area contributed by atoms with Gasteiger partial charge in [0.25, 0.3) is 0 Å². The number of hydrogen-bond donors (Lipinski definition) is 1. The summed E-state index contributed by atoms with van der Waals surface area (Å²) >= 11 is 0. The number of phenols is 1. The molecule has 0 unspecified atom stereocenters. The van der Waals surface area contributed by atoms with Crippen LogP contribution in [0.5, 0.6) is 17.4 Å². The Morgan fingerprint density at radius 2 is 1.93 bits per heavy atom. The lowest BCUT2D eigenvalue weighted by Crippen LogP contribution is -1.90. The molecule has 1 aromatic carbocycles. The lowest BCUT2D eigenvalue weighted by molar-refractivity contribution is 0.448. The number of hydrogen-bond acceptors (Lipinski definition) is 4. The van der Waals surface area contributed by atoms with Crippen LogP contribution in [0, 0.1) is 6.92 Å². The normalized spacial score (nSPS) is 9.93. The van der Waals surface area contributed by atoms with Crippen LogP contribution in [-0.4, -0.2) is 15.3 Å². The number of aromatic hydroxyl groups is 1. The molecule has 0 fully saturated rings. The first-order chi connectivity index (χ1) is 7.24. The highest BCUT2D eigenvalue weighted by atomic mass is 16.5. The lowest BCUT2D eigenvalue weighted by Gasteiger charge is -2.03. The first kappa shape index (κ1) is 9.45.